The Labute approximate surface area is 76.1 Å². The highest BCUT2D eigenvalue weighted by Gasteiger charge is 2.13. The van der Waals surface area contributed by atoms with Gasteiger partial charge in [-0.05, 0) is 0 Å². The summed E-state index contributed by atoms with van der Waals surface area (Å²) in [7, 11) is 3.26. The third-order valence-electron chi connectivity index (χ3n) is 1.67. The van der Waals surface area contributed by atoms with Gasteiger partial charge in [0.2, 0.25) is 0 Å². The zero-order valence-electron chi connectivity index (χ0n) is 7.69. The number of rotatable bonds is 1. The number of nitrogen functional groups attached to an aromatic ring is 1. The number of nitrogens with two attached hydrogens (primary N) is 2. The highest BCUT2D eigenvalue weighted by Crippen LogP contribution is 2.09. The molecule has 0 radical (unpaired) electrons. The van der Waals surface area contributed by atoms with Gasteiger partial charge in [-0.15, -0.1) is 0 Å². The second-order valence-corrected chi connectivity index (χ2v) is 2.85. The van der Waals surface area contributed by atoms with E-state index in [-0.39, 0.29) is 12.6 Å². The molecule has 1 aromatic rings. The van der Waals surface area contributed by atoms with Crippen LogP contribution in [0.4, 0.5) is 10.6 Å². The van der Waals surface area contributed by atoms with Crippen LogP contribution in [-0.2, 0) is 6.54 Å². The van der Waals surface area contributed by atoms with E-state index < -0.39 is 0 Å². The SMILES string of the molecule is CN(C)C(=O)n1ncc(CN)c1N. The van der Waals surface area contributed by atoms with E-state index in [0.29, 0.717) is 11.4 Å². The molecule has 0 spiro atoms. The van der Waals surface area contributed by atoms with Crippen LogP contribution in [-0.4, -0.2) is 34.8 Å². The number of hydrogen-bond donors (Lipinski definition) is 2. The summed E-state index contributed by atoms with van der Waals surface area (Å²) in [5.41, 5.74) is 11.7. The number of carbonyl (C=O) groups excluding carboxylic acids is 1. The standard InChI is InChI=1S/C7H13N5O/c1-11(2)7(13)12-6(9)5(3-8)4-10-12/h4H,3,8-9H2,1-2H3. The summed E-state index contributed by atoms with van der Waals surface area (Å²) in [5, 5.41) is 3.83. The molecule has 4 N–H and O–H groups in total. The van der Waals surface area contributed by atoms with Gasteiger partial charge in [0.05, 0.1) is 6.20 Å². The van der Waals surface area contributed by atoms with Gasteiger partial charge >= 0.3 is 6.03 Å². The number of hydrogen-bond acceptors (Lipinski definition) is 4. The minimum atomic E-state index is -0.280. The van der Waals surface area contributed by atoms with Crippen molar-refractivity contribution in [1.29, 1.82) is 0 Å². The molecule has 1 heterocycles. The van der Waals surface area contributed by atoms with Gasteiger partial charge in [0.1, 0.15) is 5.82 Å². The maximum atomic E-state index is 11.4. The van der Waals surface area contributed by atoms with E-state index >= 15 is 0 Å². The Morgan fingerprint density at radius 2 is 2.31 bits per heavy atom. The van der Waals surface area contributed by atoms with Crippen molar-refractivity contribution in [2.24, 2.45) is 5.73 Å². The van der Waals surface area contributed by atoms with Crippen LogP contribution >= 0.6 is 0 Å². The maximum Gasteiger partial charge on any atom is 0.346 e. The van der Waals surface area contributed by atoms with E-state index in [1.165, 1.54) is 11.1 Å². The van der Waals surface area contributed by atoms with E-state index in [2.05, 4.69) is 5.10 Å². The van der Waals surface area contributed by atoms with Crippen molar-refractivity contribution >= 4 is 11.8 Å². The number of aromatic nitrogens is 2. The Bertz CT molecular complexity index is 317. The van der Waals surface area contributed by atoms with E-state index in [4.69, 9.17) is 11.5 Å². The zero-order valence-corrected chi connectivity index (χ0v) is 7.69. The number of nitrogens with zero attached hydrogens (tertiary/aromatic N) is 3. The summed E-state index contributed by atoms with van der Waals surface area (Å²) in [6.45, 7) is 0.284. The first-order valence-electron chi connectivity index (χ1n) is 3.82. The molecule has 0 unspecified atom stereocenters. The van der Waals surface area contributed by atoms with Crippen molar-refractivity contribution in [2.75, 3.05) is 19.8 Å². The van der Waals surface area contributed by atoms with Gasteiger partial charge in [-0.25, -0.2) is 4.79 Å². The number of anilines is 1. The summed E-state index contributed by atoms with van der Waals surface area (Å²) in [4.78, 5) is 12.8. The molecule has 6 heteroatoms. The molecular weight excluding hydrogens is 170 g/mol. The Morgan fingerprint density at radius 3 is 2.69 bits per heavy atom. The molecule has 0 fully saturated rings. The largest absolute Gasteiger partial charge is 0.383 e. The Hall–Kier alpha value is -1.56. The predicted molar refractivity (Wildman–Crippen MR) is 49.0 cm³/mol. The lowest BCUT2D eigenvalue weighted by molar-refractivity contribution is 0.216. The van der Waals surface area contributed by atoms with Gasteiger partial charge in [-0.1, -0.05) is 0 Å². The Kier molecular flexibility index (Phi) is 2.52. The molecule has 6 nitrogen and oxygen atoms in total. The predicted octanol–water partition coefficient (Wildman–Crippen LogP) is -0.546. The maximum absolute atomic E-state index is 11.4. The minimum Gasteiger partial charge on any atom is -0.383 e. The van der Waals surface area contributed by atoms with Crippen LogP contribution in [0.5, 0.6) is 0 Å². The van der Waals surface area contributed by atoms with Gasteiger partial charge in [0.15, 0.2) is 0 Å². The molecule has 72 valence electrons. The van der Waals surface area contributed by atoms with Crippen molar-refractivity contribution < 1.29 is 4.79 Å². The monoisotopic (exact) mass is 183 g/mol. The molecule has 1 aromatic heterocycles. The van der Waals surface area contributed by atoms with E-state index in [0.717, 1.165) is 4.68 Å². The average molecular weight is 183 g/mol. The number of amides is 1. The molecule has 0 aliphatic carbocycles. The molecule has 0 aromatic carbocycles. The molecule has 1 rings (SSSR count). The number of carbonyl (C=O) groups is 1. The molecule has 0 atom stereocenters. The van der Waals surface area contributed by atoms with Crippen LogP contribution in [0.3, 0.4) is 0 Å². The zero-order chi connectivity index (χ0) is 10.0. The van der Waals surface area contributed by atoms with E-state index in [1.54, 1.807) is 14.1 Å². The van der Waals surface area contributed by atoms with Crippen molar-refractivity contribution in [1.82, 2.24) is 14.7 Å². The van der Waals surface area contributed by atoms with Crippen molar-refractivity contribution in [3.63, 3.8) is 0 Å². The van der Waals surface area contributed by atoms with Crippen molar-refractivity contribution in [2.45, 2.75) is 6.54 Å². The van der Waals surface area contributed by atoms with Gasteiger partial charge in [-0.2, -0.15) is 9.78 Å². The summed E-state index contributed by atoms with van der Waals surface area (Å²) in [6.07, 6.45) is 1.50. The lowest BCUT2D eigenvalue weighted by Crippen LogP contribution is -2.29. The van der Waals surface area contributed by atoms with Crippen LogP contribution in [0.15, 0.2) is 6.20 Å². The third-order valence-corrected chi connectivity index (χ3v) is 1.67. The van der Waals surface area contributed by atoms with Gasteiger partial charge < -0.3 is 16.4 Å². The highest BCUT2D eigenvalue weighted by molar-refractivity contribution is 5.79. The molecule has 0 bridgehead atoms. The first kappa shape index (κ1) is 9.53. The fourth-order valence-corrected chi connectivity index (χ4v) is 0.891. The first-order valence-corrected chi connectivity index (χ1v) is 3.82. The lowest BCUT2D eigenvalue weighted by atomic mass is 10.3. The van der Waals surface area contributed by atoms with Crippen LogP contribution in [0, 0.1) is 0 Å². The van der Waals surface area contributed by atoms with E-state index in [1.807, 2.05) is 0 Å². The topological polar surface area (TPSA) is 90.2 Å². The van der Waals surface area contributed by atoms with Crippen LogP contribution < -0.4 is 11.5 Å². The highest BCUT2D eigenvalue weighted by atomic mass is 16.2. The second kappa shape index (κ2) is 3.44. The smallest absolute Gasteiger partial charge is 0.346 e. The molecule has 0 saturated heterocycles. The average Bonchev–Trinajstić information content (AvgIpc) is 2.45. The van der Waals surface area contributed by atoms with Crippen molar-refractivity contribution in [3.05, 3.63) is 11.8 Å². The summed E-state index contributed by atoms with van der Waals surface area (Å²) in [5.74, 6) is 0.307. The fraction of sp³-hybridized carbons (Fsp3) is 0.429. The fourth-order valence-electron chi connectivity index (χ4n) is 0.891. The van der Waals surface area contributed by atoms with Gasteiger partial charge in [0, 0.05) is 26.2 Å². The Balaban J connectivity index is 3.02. The lowest BCUT2D eigenvalue weighted by Gasteiger charge is -2.10. The van der Waals surface area contributed by atoms with Crippen LogP contribution in [0.25, 0.3) is 0 Å². The normalized spacial score (nSPS) is 10.1. The van der Waals surface area contributed by atoms with Crippen LogP contribution in [0.2, 0.25) is 0 Å². The molecule has 1 amide bonds. The van der Waals surface area contributed by atoms with Gasteiger partial charge in [-0.3, -0.25) is 0 Å². The summed E-state index contributed by atoms with van der Waals surface area (Å²) >= 11 is 0. The molecule has 0 aliphatic rings. The molecule has 0 aliphatic heterocycles. The summed E-state index contributed by atoms with van der Waals surface area (Å²) < 4.78 is 1.13. The molecule has 13 heavy (non-hydrogen) atoms. The van der Waals surface area contributed by atoms with Crippen molar-refractivity contribution in [3.8, 4) is 0 Å². The first-order chi connectivity index (χ1) is 6.07. The van der Waals surface area contributed by atoms with E-state index in [9.17, 15) is 4.79 Å². The molecular formula is C7H13N5O. The summed E-state index contributed by atoms with van der Waals surface area (Å²) in [6, 6.07) is -0.280. The quantitative estimate of drug-likeness (QED) is 0.611. The minimum absolute atomic E-state index is 0.280. The molecule has 0 saturated carbocycles. The second-order valence-electron chi connectivity index (χ2n) is 2.85. The third kappa shape index (κ3) is 1.62. The Morgan fingerprint density at radius 1 is 1.69 bits per heavy atom. The van der Waals surface area contributed by atoms with Crippen LogP contribution in [0.1, 0.15) is 5.56 Å². The van der Waals surface area contributed by atoms with Gasteiger partial charge in [0.25, 0.3) is 0 Å².